The number of rotatable bonds is 6. The minimum atomic E-state index is -3.70. The number of sulfonamides is 1. The maximum absolute atomic E-state index is 13.9. The molecule has 0 aliphatic carbocycles. The summed E-state index contributed by atoms with van der Waals surface area (Å²) in [7, 11) is -2.09. The van der Waals surface area contributed by atoms with Crippen LogP contribution in [0.5, 0.6) is 0 Å². The summed E-state index contributed by atoms with van der Waals surface area (Å²) in [5, 5.41) is 0. The normalized spacial score (nSPS) is 11.1. The Labute approximate surface area is 141 Å². The lowest BCUT2D eigenvalue weighted by atomic mass is 10.2. The van der Waals surface area contributed by atoms with E-state index in [-0.39, 0.29) is 24.6 Å². The third kappa shape index (κ3) is 4.32. The zero-order chi connectivity index (χ0) is 17.7. The molecule has 0 atom stereocenters. The molecule has 0 fully saturated rings. The summed E-state index contributed by atoms with van der Waals surface area (Å²) < 4.78 is 38.8. The zero-order valence-corrected chi connectivity index (χ0v) is 14.3. The number of carbonyl (C=O) groups excluding carboxylic acids is 1. The summed E-state index contributed by atoms with van der Waals surface area (Å²) in [5.41, 5.74) is 0.648. The van der Waals surface area contributed by atoms with Gasteiger partial charge in [-0.1, -0.05) is 30.3 Å². The van der Waals surface area contributed by atoms with E-state index in [1.165, 1.54) is 23.1 Å². The van der Waals surface area contributed by atoms with Crippen molar-refractivity contribution < 1.29 is 17.6 Å². The largest absolute Gasteiger partial charge is 0.315 e. The van der Waals surface area contributed by atoms with E-state index in [0.717, 1.165) is 10.6 Å². The third-order valence-corrected chi connectivity index (χ3v) is 4.75. The van der Waals surface area contributed by atoms with E-state index >= 15 is 0 Å². The average molecular weight is 350 g/mol. The van der Waals surface area contributed by atoms with Gasteiger partial charge >= 0.3 is 0 Å². The summed E-state index contributed by atoms with van der Waals surface area (Å²) in [5.74, 6) is -0.905. The molecule has 2 aromatic rings. The van der Waals surface area contributed by atoms with E-state index < -0.39 is 15.8 Å². The van der Waals surface area contributed by atoms with Crippen LogP contribution in [0, 0.1) is 5.82 Å². The van der Waals surface area contributed by atoms with Crippen LogP contribution in [-0.2, 0) is 14.8 Å². The SMILES string of the molecule is CN(C(=O)CCN(c1ccccc1F)S(C)(=O)=O)c1ccccc1. The second kappa shape index (κ2) is 7.44. The monoisotopic (exact) mass is 350 g/mol. The lowest BCUT2D eigenvalue weighted by Gasteiger charge is -2.24. The quantitative estimate of drug-likeness (QED) is 0.805. The van der Waals surface area contributed by atoms with E-state index in [1.807, 2.05) is 6.07 Å². The second-order valence-electron chi connectivity index (χ2n) is 5.32. The molecule has 2 rings (SSSR count). The predicted molar refractivity (Wildman–Crippen MR) is 93.1 cm³/mol. The number of amides is 1. The van der Waals surface area contributed by atoms with Crippen molar-refractivity contribution in [1.29, 1.82) is 0 Å². The topological polar surface area (TPSA) is 57.7 Å². The number of para-hydroxylation sites is 2. The number of benzene rings is 2. The molecular formula is C17H19FN2O3S. The Kier molecular flexibility index (Phi) is 5.56. The van der Waals surface area contributed by atoms with Gasteiger partial charge < -0.3 is 4.90 Å². The van der Waals surface area contributed by atoms with Crippen molar-refractivity contribution in [1.82, 2.24) is 0 Å². The van der Waals surface area contributed by atoms with Gasteiger partial charge in [-0.2, -0.15) is 0 Å². The molecule has 24 heavy (non-hydrogen) atoms. The van der Waals surface area contributed by atoms with Crippen molar-refractivity contribution in [3.63, 3.8) is 0 Å². The minimum absolute atomic E-state index is 0.0600. The maximum atomic E-state index is 13.9. The molecule has 0 unspecified atom stereocenters. The summed E-state index contributed by atoms with van der Waals surface area (Å²) in [6.07, 6.45) is 0.928. The van der Waals surface area contributed by atoms with Crippen molar-refractivity contribution >= 4 is 27.3 Å². The Bertz CT molecular complexity index is 810. The van der Waals surface area contributed by atoms with Crippen LogP contribution in [0.15, 0.2) is 54.6 Å². The molecule has 0 spiro atoms. The number of anilines is 2. The molecule has 0 aliphatic rings. The highest BCUT2D eigenvalue weighted by molar-refractivity contribution is 7.92. The van der Waals surface area contributed by atoms with Crippen LogP contribution in [0.25, 0.3) is 0 Å². The van der Waals surface area contributed by atoms with Crippen LogP contribution < -0.4 is 9.21 Å². The van der Waals surface area contributed by atoms with Crippen molar-refractivity contribution in [3.8, 4) is 0 Å². The lowest BCUT2D eigenvalue weighted by molar-refractivity contribution is -0.118. The highest BCUT2D eigenvalue weighted by Gasteiger charge is 2.22. The van der Waals surface area contributed by atoms with Crippen molar-refractivity contribution in [2.45, 2.75) is 6.42 Å². The minimum Gasteiger partial charge on any atom is -0.315 e. The van der Waals surface area contributed by atoms with Crippen LogP contribution in [0.4, 0.5) is 15.8 Å². The van der Waals surface area contributed by atoms with E-state index in [2.05, 4.69) is 0 Å². The Morgan fingerprint density at radius 1 is 1.04 bits per heavy atom. The van der Waals surface area contributed by atoms with Gasteiger partial charge in [0.1, 0.15) is 5.82 Å². The van der Waals surface area contributed by atoms with Crippen LogP contribution in [-0.4, -0.2) is 34.2 Å². The van der Waals surface area contributed by atoms with Crippen LogP contribution in [0.1, 0.15) is 6.42 Å². The number of halogens is 1. The Hall–Kier alpha value is -2.41. The third-order valence-electron chi connectivity index (χ3n) is 3.57. The fourth-order valence-electron chi connectivity index (χ4n) is 2.28. The molecule has 2 aromatic carbocycles. The van der Waals surface area contributed by atoms with Gasteiger partial charge in [0.15, 0.2) is 0 Å². The van der Waals surface area contributed by atoms with Crippen LogP contribution in [0.2, 0.25) is 0 Å². The number of hydrogen-bond donors (Lipinski definition) is 0. The summed E-state index contributed by atoms with van der Waals surface area (Å²) in [6, 6.07) is 14.6. The molecule has 7 heteroatoms. The average Bonchev–Trinajstić information content (AvgIpc) is 2.55. The zero-order valence-electron chi connectivity index (χ0n) is 13.5. The van der Waals surface area contributed by atoms with E-state index in [4.69, 9.17) is 0 Å². The smallest absolute Gasteiger partial charge is 0.232 e. The van der Waals surface area contributed by atoms with E-state index in [1.54, 1.807) is 37.4 Å². The molecular weight excluding hydrogens is 331 g/mol. The molecule has 0 bridgehead atoms. The van der Waals surface area contributed by atoms with Gasteiger partial charge in [-0.3, -0.25) is 9.10 Å². The molecule has 0 radical (unpaired) electrons. The van der Waals surface area contributed by atoms with Crippen molar-refractivity contribution in [2.75, 3.05) is 29.1 Å². The first-order valence-corrected chi connectivity index (χ1v) is 9.19. The van der Waals surface area contributed by atoms with Gasteiger partial charge in [0.25, 0.3) is 0 Å². The summed E-state index contributed by atoms with van der Waals surface area (Å²) in [4.78, 5) is 13.7. The first-order valence-electron chi connectivity index (χ1n) is 7.34. The molecule has 0 saturated carbocycles. The second-order valence-corrected chi connectivity index (χ2v) is 7.23. The summed E-state index contributed by atoms with van der Waals surface area (Å²) >= 11 is 0. The number of hydrogen-bond acceptors (Lipinski definition) is 3. The van der Waals surface area contributed by atoms with Crippen molar-refractivity contribution in [2.24, 2.45) is 0 Å². The molecule has 5 nitrogen and oxygen atoms in total. The molecule has 1 amide bonds. The predicted octanol–water partition coefficient (Wildman–Crippen LogP) is 2.64. The Morgan fingerprint density at radius 3 is 2.21 bits per heavy atom. The van der Waals surface area contributed by atoms with Crippen molar-refractivity contribution in [3.05, 3.63) is 60.4 Å². The first-order chi connectivity index (χ1) is 11.3. The molecule has 0 N–H and O–H groups in total. The molecule has 0 heterocycles. The van der Waals surface area contributed by atoms with Gasteiger partial charge in [-0.15, -0.1) is 0 Å². The van der Waals surface area contributed by atoms with Gasteiger partial charge in [0.2, 0.25) is 15.9 Å². The first kappa shape index (κ1) is 17.9. The molecule has 0 saturated heterocycles. The van der Waals surface area contributed by atoms with E-state index in [0.29, 0.717) is 5.69 Å². The number of nitrogens with zero attached hydrogens (tertiary/aromatic N) is 2. The maximum Gasteiger partial charge on any atom is 0.232 e. The molecule has 0 aliphatic heterocycles. The van der Waals surface area contributed by atoms with E-state index in [9.17, 15) is 17.6 Å². The van der Waals surface area contributed by atoms with Crippen LogP contribution in [0.3, 0.4) is 0 Å². The molecule has 0 aromatic heterocycles. The Morgan fingerprint density at radius 2 is 1.62 bits per heavy atom. The summed E-state index contributed by atoms with van der Waals surface area (Å²) in [6.45, 7) is -0.129. The highest BCUT2D eigenvalue weighted by atomic mass is 32.2. The van der Waals surface area contributed by atoms with Gasteiger partial charge in [0.05, 0.1) is 11.9 Å². The van der Waals surface area contributed by atoms with Crippen LogP contribution >= 0.6 is 0 Å². The molecule has 128 valence electrons. The Balaban J connectivity index is 2.15. The lowest BCUT2D eigenvalue weighted by Crippen LogP contribution is -2.35. The van der Waals surface area contributed by atoms with Gasteiger partial charge in [-0.25, -0.2) is 12.8 Å². The standard InChI is InChI=1S/C17H19FN2O3S/c1-19(14-8-4-3-5-9-14)17(21)12-13-20(24(2,22)23)16-11-7-6-10-15(16)18/h3-11H,12-13H2,1-2H3. The fraction of sp³-hybridized carbons (Fsp3) is 0.235. The highest BCUT2D eigenvalue weighted by Crippen LogP contribution is 2.22. The van der Waals surface area contributed by atoms with Gasteiger partial charge in [0, 0.05) is 25.7 Å². The van der Waals surface area contributed by atoms with Gasteiger partial charge in [-0.05, 0) is 24.3 Å². The number of carbonyl (C=O) groups is 1. The fourth-order valence-corrected chi connectivity index (χ4v) is 3.21.